The van der Waals surface area contributed by atoms with E-state index in [4.69, 9.17) is 33.2 Å². The molecule has 3 aliphatic rings. The number of esters is 6. The first kappa shape index (κ1) is 39.2. The van der Waals surface area contributed by atoms with Crippen LogP contribution in [-0.2, 0) is 61.9 Å². The molecule has 0 aromatic heterocycles. The van der Waals surface area contributed by atoms with Crippen molar-refractivity contribution in [2.45, 2.75) is 103 Å². The number of fused-ring (bicyclic) bond motifs is 1. The first-order chi connectivity index (χ1) is 23.9. The van der Waals surface area contributed by atoms with E-state index in [1.807, 2.05) is 6.07 Å². The normalized spacial score (nSPS) is 32.7. The van der Waals surface area contributed by atoms with Crippen LogP contribution >= 0.6 is 0 Å². The number of hydrogen-bond donors (Lipinski definition) is 1. The minimum absolute atomic E-state index is 0.0667. The molecule has 2 aliphatic carbocycles. The third kappa shape index (κ3) is 7.71. The number of benzene rings is 1. The summed E-state index contributed by atoms with van der Waals surface area (Å²) in [6, 6.07) is 8.95. The van der Waals surface area contributed by atoms with Crippen molar-refractivity contribution in [2.75, 3.05) is 19.8 Å². The van der Waals surface area contributed by atoms with Crippen LogP contribution in [0.3, 0.4) is 0 Å². The highest BCUT2D eigenvalue weighted by molar-refractivity contribution is 5.88. The molecule has 2 saturated carbocycles. The summed E-state index contributed by atoms with van der Waals surface area (Å²) in [7, 11) is 0. The molecular formula is C37H46O14. The Labute approximate surface area is 296 Å². The van der Waals surface area contributed by atoms with Gasteiger partial charge in [-0.3, -0.25) is 14.4 Å². The van der Waals surface area contributed by atoms with Gasteiger partial charge in [-0.05, 0) is 58.6 Å². The van der Waals surface area contributed by atoms with E-state index in [9.17, 15) is 33.9 Å². The third-order valence-corrected chi connectivity index (χ3v) is 10.1. The Bertz CT molecular complexity index is 1580. The molecule has 51 heavy (non-hydrogen) atoms. The Kier molecular flexibility index (Phi) is 11.8. The van der Waals surface area contributed by atoms with Crippen LogP contribution in [0.4, 0.5) is 0 Å². The molecule has 14 heteroatoms. The Morgan fingerprint density at radius 1 is 0.863 bits per heavy atom. The van der Waals surface area contributed by atoms with Gasteiger partial charge in [0.2, 0.25) is 0 Å². The predicted octanol–water partition coefficient (Wildman–Crippen LogP) is 3.17. The average Bonchev–Trinajstić information content (AvgIpc) is 3.25. The first-order valence-electron chi connectivity index (χ1n) is 16.7. The fourth-order valence-corrected chi connectivity index (χ4v) is 7.75. The van der Waals surface area contributed by atoms with Gasteiger partial charge < -0.3 is 38.3 Å². The van der Waals surface area contributed by atoms with E-state index >= 15 is 0 Å². The molecule has 1 aromatic carbocycles. The maximum Gasteiger partial charge on any atom is 0.344 e. The van der Waals surface area contributed by atoms with Gasteiger partial charge in [-0.2, -0.15) is 0 Å². The highest BCUT2D eigenvalue weighted by atomic mass is 16.6. The number of aliphatic hydroxyl groups is 1. The summed E-state index contributed by atoms with van der Waals surface area (Å²) in [4.78, 5) is 76.5. The number of hydrogen-bond acceptors (Lipinski definition) is 14. The Morgan fingerprint density at radius 2 is 1.53 bits per heavy atom. The highest BCUT2D eigenvalue weighted by Crippen LogP contribution is 2.69. The minimum Gasteiger partial charge on any atom is -0.465 e. The van der Waals surface area contributed by atoms with Gasteiger partial charge in [0.15, 0.2) is 12.2 Å². The van der Waals surface area contributed by atoms with Crippen LogP contribution < -0.4 is 0 Å². The average molecular weight is 715 g/mol. The molecule has 8 unspecified atom stereocenters. The first-order valence-corrected chi connectivity index (χ1v) is 16.7. The van der Waals surface area contributed by atoms with Gasteiger partial charge in [-0.15, -0.1) is 0 Å². The Balaban J connectivity index is 1.94. The fraction of sp³-hybridized carbons (Fsp3) is 0.568. The second kappa shape index (κ2) is 15.4. The van der Waals surface area contributed by atoms with Crippen molar-refractivity contribution >= 4 is 41.9 Å². The van der Waals surface area contributed by atoms with Crippen molar-refractivity contribution in [1.29, 1.82) is 0 Å². The lowest BCUT2D eigenvalue weighted by atomic mass is 9.47. The number of rotatable bonds is 12. The zero-order valence-corrected chi connectivity index (χ0v) is 29.9. The van der Waals surface area contributed by atoms with Crippen molar-refractivity contribution in [1.82, 2.24) is 0 Å². The molecule has 1 aliphatic heterocycles. The zero-order chi connectivity index (χ0) is 37.8. The van der Waals surface area contributed by atoms with Crippen LogP contribution in [0.25, 0.3) is 6.08 Å². The van der Waals surface area contributed by atoms with Crippen LogP contribution in [-0.4, -0.2) is 95.9 Å². The van der Waals surface area contributed by atoms with Crippen molar-refractivity contribution in [3.63, 3.8) is 0 Å². The van der Waals surface area contributed by atoms with E-state index in [0.717, 1.165) is 13.8 Å². The SMILES string of the molecule is CC=C(C)C(=O)OCC1(C)OC23C(OC(C)=O)C1CC(OC(=O)C=Cc1ccccc1)C2(COC(C)=O)C(OC(=O)COC(C)=O)CCC3(C)O. The molecule has 3 fully saturated rings. The van der Waals surface area contributed by atoms with Crippen LogP contribution in [0.1, 0.15) is 73.3 Å². The highest BCUT2D eigenvalue weighted by Gasteiger charge is 2.85. The van der Waals surface area contributed by atoms with Gasteiger partial charge in [0, 0.05) is 38.3 Å². The van der Waals surface area contributed by atoms with E-state index in [2.05, 4.69) is 0 Å². The van der Waals surface area contributed by atoms with Crippen LogP contribution in [0, 0.1) is 11.3 Å². The lowest BCUT2D eigenvalue weighted by Gasteiger charge is -2.64. The van der Waals surface area contributed by atoms with Gasteiger partial charge in [0.05, 0.1) is 5.60 Å². The number of allylic oxidation sites excluding steroid dienone is 1. The van der Waals surface area contributed by atoms with Crippen LogP contribution in [0.2, 0.25) is 0 Å². The van der Waals surface area contributed by atoms with Crippen LogP contribution in [0.5, 0.6) is 0 Å². The van der Waals surface area contributed by atoms with Gasteiger partial charge in [0.25, 0.3) is 0 Å². The fourth-order valence-electron chi connectivity index (χ4n) is 7.75. The molecular weight excluding hydrogens is 668 g/mol. The van der Waals surface area contributed by atoms with Crippen molar-refractivity contribution in [2.24, 2.45) is 11.3 Å². The van der Waals surface area contributed by atoms with E-state index in [0.29, 0.717) is 11.1 Å². The summed E-state index contributed by atoms with van der Waals surface area (Å²) >= 11 is 0. The number of carbonyl (C=O) groups excluding carboxylic acids is 6. The summed E-state index contributed by atoms with van der Waals surface area (Å²) in [6.07, 6.45) is 0.0185. The number of carbonyl (C=O) groups is 6. The molecule has 8 atom stereocenters. The maximum atomic E-state index is 13.6. The summed E-state index contributed by atoms with van der Waals surface area (Å²) in [5.74, 6) is -5.57. The number of ether oxygens (including phenoxy) is 7. The largest absolute Gasteiger partial charge is 0.465 e. The van der Waals surface area contributed by atoms with Gasteiger partial charge in [-0.25, -0.2) is 14.4 Å². The lowest BCUT2D eigenvalue weighted by Crippen LogP contribution is -2.81. The summed E-state index contributed by atoms with van der Waals surface area (Å²) < 4.78 is 41.3. The molecule has 4 rings (SSSR count). The summed E-state index contributed by atoms with van der Waals surface area (Å²) in [6.45, 7) is 7.95. The lowest BCUT2D eigenvalue weighted by molar-refractivity contribution is -0.343. The van der Waals surface area contributed by atoms with Crippen molar-refractivity contribution in [3.05, 3.63) is 53.6 Å². The molecule has 1 heterocycles. The third-order valence-electron chi connectivity index (χ3n) is 10.1. The summed E-state index contributed by atoms with van der Waals surface area (Å²) in [5.41, 5.74) is -6.47. The van der Waals surface area contributed by atoms with Crippen molar-refractivity contribution < 1.29 is 67.0 Å². The van der Waals surface area contributed by atoms with E-state index < -0.39 is 95.5 Å². The maximum absolute atomic E-state index is 13.6. The van der Waals surface area contributed by atoms with Gasteiger partial charge in [0.1, 0.15) is 42.5 Å². The van der Waals surface area contributed by atoms with E-state index in [-0.39, 0.29) is 25.9 Å². The molecule has 0 radical (unpaired) electrons. The van der Waals surface area contributed by atoms with E-state index in [1.54, 1.807) is 51.1 Å². The summed E-state index contributed by atoms with van der Waals surface area (Å²) in [5, 5.41) is 12.5. The van der Waals surface area contributed by atoms with Gasteiger partial charge in [-0.1, -0.05) is 36.4 Å². The quantitative estimate of drug-likeness (QED) is 0.189. The molecule has 1 spiro atoms. The topological polar surface area (TPSA) is 187 Å². The second-order valence-corrected chi connectivity index (χ2v) is 13.6. The smallest absolute Gasteiger partial charge is 0.344 e. The molecule has 1 N–H and O–H groups in total. The second-order valence-electron chi connectivity index (χ2n) is 13.6. The standard InChI is InChI=1S/C37H46O14/c1-8-22(2)33(43)47-20-34(6)27-18-29(50-30(41)15-14-26-12-10-9-11-13-26)36(21-46-24(4)39)28(49-31(42)19-45-23(3)38)16-17-35(7,44)37(36,51-34)32(27)48-25(5)40/h8-15,27-29,32,44H,16-21H2,1-7H3. The molecule has 14 nitrogen and oxygen atoms in total. The molecule has 1 saturated heterocycles. The Morgan fingerprint density at radius 3 is 2.14 bits per heavy atom. The molecule has 0 amide bonds. The van der Waals surface area contributed by atoms with Crippen LogP contribution in [0.15, 0.2) is 48.1 Å². The Hall–Kier alpha value is -4.56. The van der Waals surface area contributed by atoms with Crippen molar-refractivity contribution in [3.8, 4) is 0 Å². The van der Waals surface area contributed by atoms with E-state index in [1.165, 1.54) is 26.0 Å². The molecule has 278 valence electrons. The molecule has 1 aromatic rings. The molecule has 2 bridgehead atoms. The zero-order valence-electron chi connectivity index (χ0n) is 29.9. The monoisotopic (exact) mass is 714 g/mol. The predicted molar refractivity (Wildman–Crippen MR) is 177 cm³/mol. The minimum atomic E-state index is -2.11. The van der Waals surface area contributed by atoms with Gasteiger partial charge >= 0.3 is 35.8 Å².